The third kappa shape index (κ3) is 3.62. The molecule has 1 aromatic carbocycles. The number of rotatable bonds is 4. The number of amides is 1. The minimum Gasteiger partial charge on any atom is -0.345 e. The van der Waals surface area contributed by atoms with Crippen LogP contribution in [0, 0.1) is 12.8 Å². The SMILES string of the molecule is Cc1cc(C(=O)NC(C)(CN)C2CC2)ccc1Cl.Cl. The third-order valence-electron chi connectivity index (χ3n) is 3.72. The van der Waals surface area contributed by atoms with Crippen molar-refractivity contribution >= 4 is 29.9 Å². The van der Waals surface area contributed by atoms with E-state index in [1.807, 2.05) is 19.9 Å². The lowest BCUT2D eigenvalue weighted by Gasteiger charge is -2.29. The Balaban J connectivity index is 0.00000180. The van der Waals surface area contributed by atoms with E-state index in [1.165, 1.54) is 0 Å². The first-order chi connectivity index (χ1) is 8.46. The average Bonchev–Trinajstić information content (AvgIpc) is 3.16. The molecule has 1 aliphatic rings. The molecule has 19 heavy (non-hydrogen) atoms. The van der Waals surface area contributed by atoms with E-state index in [-0.39, 0.29) is 23.9 Å². The van der Waals surface area contributed by atoms with Gasteiger partial charge in [-0.2, -0.15) is 0 Å². The highest BCUT2D eigenvalue weighted by Gasteiger charge is 2.41. The van der Waals surface area contributed by atoms with Gasteiger partial charge in [0.25, 0.3) is 5.91 Å². The van der Waals surface area contributed by atoms with Crippen molar-refractivity contribution in [3.63, 3.8) is 0 Å². The molecule has 3 nitrogen and oxygen atoms in total. The number of nitrogens with one attached hydrogen (secondary N) is 1. The van der Waals surface area contributed by atoms with Crippen molar-refractivity contribution in [2.24, 2.45) is 11.7 Å². The maximum Gasteiger partial charge on any atom is 0.251 e. The number of aryl methyl sites for hydroxylation is 1. The van der Waals surface area contributed by atoms with Crippen LogP contribution < -0.4 is 11.1 Å². The van der Waals surface area contributed by atoms with Crippen LogP contribution in [0.25, 0.3) is 0 Å². The second-order valence-corrected chi connectivity index (χ2v) is 5.72. The number of nitrogens with two attached hydrogens (primary N) is 1. The fourth-order valence-electron chi connectivity index (χ4n) is 2.16. The third-order valence-corrected chi connectivity index (χ3v) is 4.15. The van der Waals surface area contributed by atoms with E-state index in [9.17, 15) is 4.79 Å². The molecule has 5 heteroatoms. The van der Waals surface area contributed by atoms with Gasteiger partial charge in [-0.25, -0.2) is 0 Å². The van der Waals surface area contributed by atoms with Gasteiger partial charge in [-0.05, 0) is 56.4 Å². The van der Waals surface area contributed by atoms with Crippen LogP contribution in [0.1, 0.15) is 35.7 Å². The van der Waals surface area contributed by atoms with Crippen molar-refractivity contribution < 1.29 is 4.79 Å². The van der Waals surface area contributed by atoms with Crippen LogP contribution in [0.2, 0.25) is 5.02 Å². The predicted molar refractivity (Wildman–Crippen MR) is 81.1 cm³/mol. The summed E-state index contributed by atoms with van der Waals surface area (Å²) >= 11 is 5.95. The molecule has 1 atom stereocenters. The van der Waals surface area contributed by atoms with Crippen molar-refractivity contribution in [2.45, 2.75) is 32.2 Å². The van der Waals surface area contributed by atoms with Crippen molar-refractivity contribution in [3.8, 4) is 0 Å². The number of carbonyl (C=O) groups excluding carboxylic acids is 1. The summed E-state index contributed by atoms with van der Waals surface area (Å²) in [4.78, 5) is 12.2. The summed E-state index contributed by atoms with van der Waals surface area (Å²) < 4.78 is 0. The maximum absolute atomic E-state index is 12.2. The molecular weight excluding hydrogens is 283 g/mol. The summed E-state index contributed by atoms with van der Waals surface area (Å²) in [6.07, 6.45) is 2.29. The molecule has 0 spiro atoms. The van der Waals surface area contributed by atoms with Crippen molar-refractivity contribution in [1.82, 2.24) is 5.32 Å². The Morgan fingerprint density at radius 3 is 2.63 bits per heavy atom. The lowest BCUT2D eigenvalue weighted by atomic mass is 9.95. The predicted octanol–water partition coefficient (Wildman–Crippen LogP) is 2.93. The molecule has 0 aromatic heterocycles. The van der Waals surface area contributed by atoms with Gasteiger partial charge >= 0.3 is 0 Å². The Morgan fingerprint density at radius 2 is 2.16 bits per heavy atom. The average molecular weight is 303 g/mol. The summed E-state index contributed by atoms with van der Waals surface area (Å²) in [5.74, 6) is 0.439. The molecule has 1 unspecified atom stereocenters. The van der Waals surface area contributed by atoms with E-state index in [0.29, 0.717) is 23.0 Å². The Morgan fingerprint density at radius 1 is 1.53 bits per heavy atom. The summed E-state index contributed by atoms with van der Waals surface area (Å²) in [6.45, 7) is 4.38. The summed E-state index contributed by atoms with van der Waals surface area (Å²) in [5, 5.41) is 3.74. The zero-order chi connectivity index (χ0) is 13.3. The number of hydrogen-bond acceptors (Lipinski definition) is 2. The van der Waals surface area contributed by atoms with Crippen LogP contribution in [0.5, 0.6) is 0 Å². The molecule has 0 aliphatic heterocycles. The number of hydrogen-bond donors (Lipinski definition) is 2. The van der Waals surface area contributed by atoms with Gasteiger partial charge in [-0.15, -0.1) is 12.4 Å². The first kappa shape index (κ1) is 16.3. The Labute approximate surface area is 125 Å². The second kappa shape index (κ2) is 6.12. The molecule has 1 amide bonds. The molecule has 1 aliphatic carbocycles. The summed E-state index contributed by atoms with van der Waals surface area (Å²) in [7, 11) is 0. The smallest absolute Gasteiger partial charge is 0.251 e. The molecule has 0 bridgehead atoms. The van der Waals surface area contributed by atoms with Crippen LogP contribution in [0.15, 0.2) is 18.2 Å². The zero-order valence-corrected chi connectivity index (χ0v) is 12.8. The molecular formula is C14H20Cl2N2O. The van der Waals surface area contributed by atoms with Gasteiger partial charge in [-0.3, -0.25) is 4.79 Å². The minimum absolute atomic E-state index is 0. The van der Waals surface area contributed by atoms with Gasteiger partial charge in [0.2, 0.25) is 0 Å². The summed E-state index contributed by atoms with van der Waals surface area (Å²) in [6, 6.07) is 5.30. The molecule has 1 saturated carbocycles. The number of benzene rings is 1. The van der Waals surface area contributed by atoms with Crippen molar-refractivity contribution in [3.05, 3.63) is 34.3 Å². The van der Waals surface area contributed by atoms with Crippen molar-refractivity contribution in [1.29, 1.82) is 0 Å². The zero-order valence-electron chi connectivity index (χ0n) is 11.2. The van der Waals surface area contributed by atoms with E-state index in [4.69, 9.17) is 17.3 Å². The lowest BCUT2D eigenvalue weighted by Crippen LogP contribution is -2.53. The topological polar surface area (TPSA) is 55.1 Å². The standard InChI is InChI=1S/C14H19ClN2O.ClH/c1-9-7-10(3-6-12(9)15)13(18)17-14(2,8-16)11-4-5-11;/h3,6-7,11H,4-5,8,16H2,1-2H3,(H,17,18);1H. The molecule has 0 saturated heterocycles. The normalized spacial score (nSPS) is 17.3. The van der Waals surface area contributed by atoms with E-state index >= 15 is 0 Å². The Kier molecular flexibility index (Phi) is 5.25. The quantitative estimate of drug-likeness (QED) is 0.898. The van der Waals surface area contributed by atoms with Gasteiger partial charge in [0.05, 0.1) is 5.54 Å². The van der Waals surface area contributed by atoms with Gasteiger partial charge in [0, 0.05) is 17.1 Å². The van der Waals surface area contributed by atoms with Gasteiger partial charge in [-0.1, -0.05) is 11.6 Å². The van der Waals surface area contributed by atoms with E-state index in [2.05, 4.69) is 5.32 Å². The van der Waals surface area contributed by atoms with Crippen LogP contribution in [0.4, 0.5) is 0 Å². The number of halogens is 2. The van der Waals surface area contributed by atoms with Crippen LogP contribution >= 0.6 is 24.0 Å². The molecule has 3 N–H and O–H groups in total. The Bertz CT molecular complexity index is 475. The second-order valence-electron chi connectivity index (χ2n) is 5.31. The van der Waals surface area contributed by atoms with Gasteiger partial charge in [0.1, 0.15) is 0 Å². The molecule has 2 rings (SSSR count). The van der Waals surface area contributed by atoms with E-state index in [0.717, 1.165) is 18.4 Å². The summed E-state index contributed by atoms with van der Waals surface area (Å²) in [5.41, 5.74) is 7.05. The highest BCUT2D eigenvalue weighted by Crippen LogP contribution is 2.39. The molecule has 0 radical (unpaired) electrons. The number of carbonyl (C=O) groups is 1. The van der Waals surface area contributed by atoms with E-state index < -0.39 is 0 Å². The van der Waals surface area contributed by atoms with Gasteiger partial charge < -0.3 is 11.1 Å². The van der Waals surface area contributed by atoms with Crippen LogP contribution in [-0.2, 0) is 0 Å². The molecule has 1 aromatic rings. The van der Waals surface area contributed by atoms with Crippen molar-refractivity contribution in [2.75, 3.05) is 6.54 Å². The maximum atomic E-state index is 12.2. The fourth-order valence-corrected chi connectivity index (χ4v) is 2.28. The molecule has 106 valence electrons. The molecule has 1 fully saturated rings. The first-order valence-corrected chi connectivity index (χ1v) is 6.63. The van der Waals surface area contributed by atoms with Crippen LogP contribution in [0.3, 0.4) is 0 Å². The fraction of sp³-hybridized carbons (Fsp3) is 0.500. The van der Waals surface area contributed by atoms with E-state index in [1.54, 1.807) is 12.1 Å². The highest BCUT2D eigenvalue weighted by atomic mass is 35.5. The van der Waals surface area contributed by atoms with Crippen LogP contribution in [-0.4, -0.2) is 18.0 Å². The Hall–Kier alpha value is -0.770. The van der Waals surface area contributed by atoms with Gasteiger partial charge in [0.15, 0.2) is 0 Å². The first-order valence-electron chi connectivity index (χ1n) is 6.25. The minimum atomic E-state index is -0.287. The highest BCUT2D eigenvalue weighted by molar-refractivity contribution is 6.31. The monoisotopic (exact) mass is 302 g/mol. The molecule has 0 heterocycles. The lowest BCUT2D eigenvalue weighted by molar-refractivity contribution is 0.0897. The largest absolute Gasteiger partial charge is 0.345 e.